The van der Waals surface area contributed by atoms with E-state index in [2.05, 4.69) is 17.0 Å². The summed E-state index contributed by atoms with van der Waals surface area (Å²) in [5.41, 5.74) is 3.15. The van der Waals surface area contributed by atoms with Crippen LogP contribution < -0.4 is 0 Å². The lowest BCUT2D eigenvalue weighted by Gasteiger charge is -2.32. The third kappa shape index (κ3) is 2.82. The highest BCUT2D eigenvalue weighted by molar-refractivity contribution is 5.94. The number of likely N-dealkylation sites (tertiary alicyclic amines) is 1. The van der Waals surface area contributed by atoms with Gasteiger partial charge in [0.25, 0.3) is 5.91 Å². The molecule has 1 aliphatic heterocycles. The largest absolute Gasteiger partial charge is 0.337 e. The summed E-state index contributed by atoms with van der Waals surface area (Å²) in [5.74, 6) is 0.114. The number of carbonyl (C=O) groups is 1. The summed E-state index contributed by atoms with van der Waals surface area (Å²) in [6.45, 7) is 5.62. The summed E-state index contributed by atoms with van der Waals surface area (Å²) in [5, 5.41) is 4.20. The van der Waals surface area contributed by atoms with E-state index in [1.54, 1.807) is 12.7 Å². The van der Waals surface area contributed by atoms with E-state index in [9.17, 15) is 4.79 Å². The highest BCUT2D eigenvalue weighted by Crippen LogP contribution is 2.22. The molecule has 0 saturated carbocycles. The summed E-state index contributed by atoms with van der Waals surface area (Å²) in [6.07, 6.45) is 5.32. The summed E-state index contributed by atoms with van der Waals surface area (Å²) >= 11 is 0. The molecule has 1 unspecified atom stereocenters. The zero-order valence-corrected chi connectivity index (χ0v) is 12.5. The highest BCUT2D eigenvalue weighted by Gasteiger charge is 2.25. The van der Waals surface area contributed by atoms with E-state index in [4.69, 9.17) is 0 Å². The first-order chi connectivity index (χ1) is 10.1. The molecule has 0 bridgehead atoms. The predicted octanol–water partition coefficient (Wildman–Crippen LogP) is 2.37. The normalized spacial score (nSPS) is 18.8. The molecule has 110 valence electrons. The number of rotatable bonds is 2. The van der Waals surface area contributed by atoms with Crippen molar-refractivity contribution < 1.29 is 4.79 Å². The van der Waals surface area contributed by atoms with E-state index in [-0.39, 0.29) is 11.9 Å². The molecule has 0 radical (unpaired) electrons. The van der Waals surface area contributed by atoms with Gasteiger partial charge in [0.05, 0.1) is 6.04 Å². The molecular formula is C16H20N4O. The third-order valence-electron chi connectivity index (χ3n) is 4.25. The first kappa shape index (κ1) is 13.8. The molecule has 5 heteroatoms. The molecule has 2 aromatic rings. The van der Waals surface area contributed by atoms with Gasteiger partial charge in [-0.1, -0.05) is 6.07 Å². The van der Waals surface area contributed by atoms with Crippen molar-refractivity contribution in [2.24, 2.45) is 0 Å². The van der Waals surface area contributed by atoms with Gasteiger partial charge < -0.3 is 4.90 Å². The standard InChI is InChI=1S/C16H20N4O/c1-12-5-6-14(8-13(12)2)16(21)19-7-3-4-15(9-19)20-11-17-10-18-20/h5-6,8,10-11,15H,3-4,7,9H2,1-2H3. The number of piperidine rings is 1. The fourth-order valence-electron chi connectivity index (χ4n) is 2.82. The summed E-state index contributed by atoms with van der Waals surface area (Å²) in [7, 11) is 0. The number of amides is 1. The van der Waals surface area contributed by atoms with Crippen LogP contribution in [0.5, 0.6) is 0 Å². The average Bonchev–Trinajstić information content (AvgIpc) is 3.04. The molecule has 21 heavy (non-hydrogen) atoms. The van der Waals surface area contributed by atoms with E-state index in [1.807, 2.05) is 34.7 Å². The monoisotopic (exact) mass is 284 g/mol. The van der Waals surface area contributed by atoms with Gasteiger partial charge in [-0.3, -0.25) is 4.79 Å². The van der Waals surface area contributed by atoms with Gasteiger partial charge in [-0.15, -0.1) is 0 Å². The zero-order chi connectivity index (χ0) is 14.8. The molecule has 0 spiro atoms. The van der Waals surface area contributed by atoms with Crippen molar-refractivity contribution in [2.45, 2.75) is 32.7 Å². The van der Waals surface area contributed by atoms with E-state index in [0.29, 0.717) is 6.54 Å². The smallest absolute Gasteiger partial charge is 0.253 e. The minimum Gasteiger partial charge on any atom is -0.337 e. The number of hydrogen-bond donors (Lipinski definition) is 0. The minimum absolute atomic E-state index is 0.114. The summed E-state index contributed by atoms with van der Waals surface area (Å²) in [6, 6.07) is 6.15. The van der Waals surface area contributed by atoms with E-state index >= 15 is 0 Å². The van der Waals surface area contributed by atoms with Crippen LogP contribution in [0.15, 0.2) is 30.9 Å². The second-order valence-electron chi connectivity index (χ2n) is 5.72. The topological polar surface area (TPSA) is 51.0 Å². The Balaban J connectivity index is 1.76. The van der Waals surface area contributed by atoms with Crippen molar-refractivity contribution in [3.63, 3.8) is 0 Å². The van der Waals surface area contributed by atoms with Gasteiger partial charge in [0.1, 0.15) is 12.7 Å². The maximum absolute atomic E-state index is 12.7. The van der Waals surface area contributed by atoms with Crippen LogP contribution in [-0.2, 0) is 0 Å². The Bertz CT molecular complexity index is 636. The predicted molar refractivity (Wildman–Crippen MR) is 80.1 cm³/mol. The lowest BCUT2D eigenvalue weighted by Crippen LogP contribution is -2.40. The lowest BCUT2D eigenvalue weighted by atomic mass is 10.0. The molecule has 0 aliphatic carbocycles. The molecule has 3 rings (SSSR count). The third-order valence-corrected chi connectivity index (χ3v) is 4.25. The fraction of sp³-hybridized carbons (Fsp3) is 0.438. The SMILES string of the molecule is Cc1ccc(C(=O)N2CCCC(n3cncn3)C2)cc1C. The molecule has 1 aliphatic rings. The van der Waals surface area contributed by atoms with Gasteiger partial charge in [-0.25, -0.2) is 9.67 Å². The second kappa shape index (κ2) is 5.68. The second-order valence-corrected chi connectivity index (χ2v) is 5.72. The molecule has 1 atom stereocenters. The van der Waals surface area contributed by atoms with Crippen LogP contribution in [0.2, 0.25) is 0 Å². The van der Waals surface area contributed by atoms with Gasteiger partial charge in [-0.2, -0.15) is 5.10 Å². The van der Waals surface area contributed by atoms with Crippen molar-refractivity contribution in [3.05, 3.63) is 47.5 Å². The Kier molecular flexibility index (Phi) is 3.73. The van der Waals surface area contributed by atoms with Crippen molar-refractivity contribution in [1.29, 1.82) is 0 Å². The van der Waals surface area contributed by atoms with Crippen LogP contribution in [0.4, 0.5) is 0 Å². The van der Waals surface area contributed by atoms with Crippen molar-refractivity contribution in [3.8, 4) is 0 Å². The van der Waals surface area contributed by atoms with Gasteiger partial charge in [-0.05, 0) is 49.9 Å². The Hall–Kier alpha value is -2.17. The van der Waals surface area contributed by atoms with Gasteiger partial charge >= 0.3 is 0 Å². The highest BCUT2D eigenvalue weighted by atomic mass is 16.2. The van der Waals surface area contributed by atoms with Gasteiger partial charge in [0.2, 0.25) is 0 Å². The van der Waals surface area contributed by atoms with E-state index in [1.165, 1.54) is 5.56 Å². The number of hydrogen-bond acceptors (Lipinski definition) is 3. The molecule has 1 fully saturated rings. The first-order valence-electron chi connectivity index (χ1n) is 7.36. The van der Waals surface area contributed by atoms with Crippen LogP contribution in [0, 0.1) is 13.8 Å². The van der Waals surface area contributed by atoms with Crippen molar-refractivity contribution >= 4 is 5.91 Å². The molecule has 5 nitrogen and oxygen atoms in total. The minimum atomic E-state index is 0.114. The number of aromatic nitrogens is 3. The summed E-state index contributed by atoms with van der Waals surface area (Å²) < 4.78 is 1.86. The van der Waals surface area contributed by atoms with Crippen LogP contribution in [0.3, 0.4) is 0 Å². The van der Waals surface area contributed by atoms with E-state index in [0.717, 1.165) is 30.5 Å². The van der Waals surface area contributed by atoms with Crippen molar-refractivity contribution in [2.75, 3.05) is 13.1 Å². The molecule has 1 saturated heterocycles. The maximum atomic E-state index is 12.7. The quantitative estimate of drug-likeness (QED) is 0.850. The number of aryl methyl sites for hydroxylation is 2. The Morgan fingerprint density at radius 3 is 2.86 bits per heavy atom. The molecule has 1 aromatic carbocycles. The molecule has 2 heterocycles. The number of nitrogens with zero attached hydrogens (tertiary/aromatic N) is 4. The Labute approximate surface area is 124 Å². The van der Waals surface area contributed by atoms with Gasteiger partial charge in [0.15, 0.2) is 0 Å². The maximum Gasteiger partial charge on any atom is 0.253 e. The lowest BCUT2D eigenvalue weighted by molar-refractivity contribution is 0.0672. The average molecular weight is 284 g/mol. The molecule has 1 amide bonds. The molecule has 1 aromatic heterocycles. The van der Waals surface area contributed by atoms with Crippen LogP contribution in [0.1, 0.15) is 40.4 Å². The van der Waals surface area contributed by atoms with E-state index < -0.39 is 0 Å². The Morgan fingerprint density at radius 1 is 1.29 bits per heavy atom. The molecular weight excluding hydrogens is 264 g/mol. The summed E-state index contributed by atoms with van der Waals surface area (Å²) in [4.78, 5) is 18.6. The van der Waals surface area contributed by atoms with Crippen molar-refractivity contribution in [1.82, 2.24) is 19.7 Å². The Morgan fingerprint density at radius 2 is 2.14 bits per heavy atom. The first-order valence-corrected chi connectivity index (χ1v) is 7.36. The number of benzene rings is 1. The number of carbonyl (C=O) groups excluding carboxylic acids is 1. The van der Waals surface area contributed by atoms with Crippen LogP contribution in [0.25, 0.3) is 0 Å². The van der Waals surface area contributed by atoms with Crippen LogP contribution in [-0.4, -0.2) is 38.7 Å². The van der Waals surface area contributed by atoms with Crippen LogP contribution >= 0.6 is 0 Å². The molecule has 0 N–H and O–H groups in total. The zero-order valence-electron chi connectivity index (χ0n) is 12.5. The fourth-order valence-corrected chi connectivity index (χ4v) is 2.82. The van der Waals surface area contributed by atoms with Gasteiger partial charge in [0, 0.05) is 18.7 Å².